The van der Waals surface area contributed by atoms with Gasteiger partial charge in [-0.25, -0.2) is 4.79 Å². The Kier molecular flexibility index (Phi) is 5.51. The van der Waals surface area contributed by atoms with E-state index in [-0.39, 0.29) is 18.1 Å². The van der Waals surface area contributed by atoms with Crippen LogP contribution in [0.3, 0.4) is 0 Å². The van der Waals surface area contributed by atoms with E-state index >= 15 is 0 Å². The molecule has 0 aromatic heterocycles. The number of benzene rings is 2. The molecule has 0 aliphatic carbocycles. The summed E-state index contributed by atoms with van der Waals surface area (Å²) < 4.78 is 16.4. The van der Waals surface area contributed by atoms with E-state index in [9.17, 15) is 9.59 Å². The smallest absolute Gasteiger partial charge is 0.347 e. The number of ketones is 1. The molecule has 5 nitrogen and oxygen atoms in total. The molecule has 140 valence electrons. The molecule has 1 heterocycles. The zero-order valence-electron chi connectivity index (χ0n) is 15.2. The van der Waals surface area contributed by atoms with Crippen LogP contribution in [0.5, 0.6) is 11.5 Å². The highest BCUT2D eigenvalue weighted by Crippen LogP contribution is 2.39. The highest BCUT2D eigenvalue weighted by molar-refractivity contribution is 6.30. The van der Waals surface area contributed by atoms with Gasteiger partial charge < -0.3 is 14.2 Å². The molecule has 1 aliphatic heterocycles. The summed E-state index contributed by atoms with van der Waals surface area (Å²) in [7, 11) is 0. The molecule has 6 heteroatoms. The van der Waals surface area contributed by atoms with Gasteiger partial charge in [-0.05, 0) is 56.7 Å². The molecule has 2 aromatic rings. The molecular weight excluding hydrogens is 368 g/mol. The molecule has 0 radical (unpaired) electrons. The fourth-order valence-electron chi connectivity index (χ4n) is 2.74. The maximum atomic E-state index is 12.6. The fourth-order valence-corrected chi connectivity index (χ4v) is 2.94. The normalized spacial score (nSPS) is 15.3. The molecule has 27 heavy (non-hydrogen) atoms. The molecule has 0 N–H and O–H groups in total. The van der Waals surface area contributed by atoms with Crippen LogP contribution in [0.25, 0.3) is 6.08 Å². The lowest BCUT2D eigenvalue weighted by Crippen LogP contribution is -2.26. The number of allylic oxidation sites excluding steroid dienone is 1. The van der Waals surface area contributed by atoms with E-state index in [1.165, 1.54) is 0 Å². The van der Waals surface area contributed by atoms with E-state index < -0.39 is 12.1 Å². The first-order valence-corrected chi connectivity index (χ1v) is 8.95. The third-order valence-electron chi connectivity index (χ3n) is 4.11. The molecule has 1 aliphatic rings. The second-order valence-corrected chi connectivity index (χ2v) is 6.51. The average molecular weight is 387 g/mol. The molecule has 2 aromatic carbocycles. The van der Waals surface area contributed by atoms with E-state index in [2.05, 4.69) is 0 Å². The van der Waals surface area contributed by atoms with Crippen LogP contribution in [-0.2, 0) is 9.53 Å². The van der Waals surface area contributed by atoms with Gasteiger partial charge in [0.25, 0.3) is 0 Å². The van der Waals surface area contributed by atoms with Crippen LogP contribution < -0.4 is 9.47 Å². The summed E-state index contributed by atoms with van der Waals surface area (Å²) in [4.78, 5) is 24.4. The second kappa shape index (κ2) is 7.84. The van der Waals surface area contributed by atoms with Gasteiger partial charge in [0.2, 0.25) is 5.78 Å². The quantitative estimate of drug-likeness (QED) is 0.555. The minimum absolute atomic E-state index is 0.210. The van der Waals surface area contributed by atoms with Crippen molar-refractivity contribution in [2.24, 2.45) is 0 Å². The highest BCUT2D eigenvalue weighted by atomic mass is 35.5. The zero-order chi connectivity index (χ0) is 19.6. The van der Waals surface area contributed by atoms with E-state index in [4.69, 9.17) is 25.8 Å². The SMILES string of the molecule is CCOC(=O)C(C)Oc1ccc2c(c1C)O/C(=C\c1cccc(Cl)c1)C2=O. The number of ether oxygens (including phenoxy) is 3. The Morgan fingerprint density at radius 1 is 1.30 bits per heavy atom. The molecule has 0 saturated carbocycles. The van der Waals surface area contributed by atoms with Gasteiger partial charge in [-0.15, -0.1) is 0 Å². The van der Waals surface area contributed by atoms with Gasteiger partial charge in [0, 0.05) is 10.6 Å². The maximum Gasteiger partial charge on any atom is 0.347 e. The summed E-state index contributed by atoms with van der Waals surface area (Å²) in [5.74, 6) is 0.452. The van der Waals surface area contributed by atoms with E-state index in [0.29, 0.717) is 27.6 Å². The predicted molar refractivity (Wildman–Crippen MR) is 102 cm³/mol. The van der Waals surface area contributed by atoms with Crippen molar-refractivity contribution in [2.75, 3.05) is 6.61 Å². The number of esters is 1. The van der Waals surface area contributed by atoms with E-state index in [0.717, 1.165) is 5.56 Å². The molecule has 0 saturated heterocycles. The average Bonchev–Trinajstić information content (AvgIpc) is 2.94. The Labute approximate surface area is 162 Å². The molecule has 0 amide bonds. The Morgan fingerprint density at radius 2 is 2.07 bits per heavy atom. The standard InChI is InChI=1S/C21H19ClO5/c1-4-25-21(24)13(3)26-17-9-8-16-19(23)18(27-20(16)12(17)2)11-14-6-5-7-15(22)10-14/h5-11,13H,4H2,1-3H3/b18-11-. The summed E-state index contributed by atoms with van der Waals surface area (Å²) in [6, 6.07) is 10.4. The first-order valence-electron chi connectivity index (χ1n) is 8.57. The second-order valence-electron chi connectivity index (χ2n) is 6.07. The van der Waals surface area contributed by atoms with Gasteiger partial charge in [-0.2, -0.15) is 0 Å². The third-order valence-corrected chi connectivity index (χ3v) is 4.34. The number of fused-ring (bicyclic) bond motifs is 1. The molecule has 1 atom stereocenters. The molecular formula is C21H19ClO5. The van der Waals surface area contributed by atoms with Crippen molar-refractivity contribution in [2.45, 2.75) is 26.9 Å². The van der Waals surface area contributed by atoms with Gasteiger partial charge in [0.15, 0.2) is 11.9 Å². The number of Topliss-reactive ketones (excluding diaryl/α,β-unsaturated/α-hetero) is 1. The van der Waals surface area contributed by atoms with Gasteiger partial charge >= 0.3 is 5.97 Å². The molecule has 1 unspecified atom stereocenters. The zero-order valence-corrected chi connectivity index (χ0v) is 16.0. The van der Waals surface area contributed by atoms with Crippen LogP contribution >= 0.6 is 11.6 Å². The highest BCUT2D eigenvalue weighted by Gasteiger charge is 2.30. The van der Waals surface area contributed by atoms with Crippen LogP contribution in [-0.4, -0.2) is 24.5 Å². The number of rotatable bonds is 5. The minimum Gasteiger partial charge on any atom is -0.479 e. The van der Waals surface area contributed by atoms with E-state index in [1.807, 2.05) is 6.07 Å². The summed E-state index contributed by atoms with van der Waals surface area (Å²) in [6.07, 6.45) is 0.885. The molecule has 0 spiro atoms. The van der Waals surface area contributed by atoms with Crippen molar-refractivity contribution >= 4 is 29.4 Å². The molecule has 3 rings (SSSR count). The van der Waals surface area contributed by atoms with Crippen molar-refractivity contribution in [3.63, 3.8) is 0 Å². The third kappa shape index (κ3) is 3.98. The van der Waals surface area contributed by atoms with Crippen molar-refractivity contribution in [3.8, 4) is 11.5 Å². The summed E-state index contributed by atoms with van der Waals surface area (Å²) in [5.41, 5.74) is 1.87. The topological polar surface area (TPSA) is 61.8 Å². The van der Waals surface area contributed by atoms with Crippen molar-refractivity contribution < 1.29 is 23.8 Å². The Bertz CT molecular complexity index is 932. The van der Waals surface area contributed by atoms with Crippen molar-refractivity contribution in [1.29, 1.82) is 0 Å². The van der Waals surface area contributed by atoms with Crippen LogP contribution in [0.15, 0.2) is 42.2 Å². The van der Waals surface area contributed by atoms with Crippen molar-refractivity contribution in [1.82, 2.24) is 0 Å². The van der Waals surface area contributed by atoms with E-state index in [1.54, 1.807) is 57.2 Å². The van der Waals surface area contributed by atoms with Gasteiger partial charge in [-0.1, -0.05) is 23.7 Å². The summed E-state index contributed by atoms with van der Waals surface area (Å²) >= 11 is 5.99. The van der Waals surface area contributed by atoms with Gasteiger partial charge in [0.05, 0.1) is 12.2 Å². The number of halogens is 1. The number of carbonyl (C=O) groups is 2. The van der Waals surface area contributed by atoms with Crippen molar-refractivity contribution in [3.05, 3.63) is 63.9 Å². The Morgan fingerprint density at radius 3 is 2.78 bits per heavy atom. The van der Waals surface area contributed by atoms with Crippen LogP contribution in [0.4, 0.5) is 0 Å². The first-order chi connectivity index (χ1) is 12.9. The number of hydrogen-bond donors (Lipinski definition) is 0. The van der Waals surface area contributed by atoms with Gasteiger partial charge in [-0.3, -0.25) is 4.79 Å². The van der Waals surface area contributed by atoms with Crippen LogP contribution in [0, 0.1) is 6.92 Å². The van der Waals surface area contributed by atoms with Crippen LogP contribution in [0.1, 0.15) is 35.3 Å². The number of hydrogen-bond acceptors (Lipinski definition) is 5. The van der Waals surface area contributed by atoms with Crippen LogP contribution in [0.2, 0.25) is 5.02 Å². The lowest BCUT2D eigenvalue weighted by atomic mass is 10.1. The Balaban J connectivity index is 1.86. The minimum atomic E-state index is -0.764. The predicted octanol–water partition coefficient (Wildman–Crippen LogP) is 4.60. The fraction of sp³-hybridized carbons (Fsp3) is 0.238. The first kappa shape index (κ1) is 19.0. The Hall–Kier alpha value is -2.79. The lowest BCUT2D eigenvalue weighted by Gasteiger charge is -2.16. The maximum absolute atomic E-state index is 12.6. The summed E-state index contributed by atoms with van der Waals surface area (Å²) in [5, 5.41) is 0.576. The molecule has 0 fully saturated rings. The lowest BCUT2D eigenvalue weighted by molar-refractivity contribution is -0.150. The molecule has 0 bridgehead atoms. The summed E-state index contributed by atoms with van der Waals surface area (Å²) in [6.45, 7) is 5.41. The van der Waals surface area contributed by atoms with Gasteiger partial charge in [0.1, 0.15) is 11.5 Å². The number of carbonyl (C=O) groups excluding carboxylic acids is 2. The largest absolute Gasteiger partial charge is 0.479 e. The monoisotopic (exact) mass is 386 g/mol.